The fourth-order valence-corrected chi connectivity index (χ4v) is 4.04. The van der Waals surface area contributed by atoms with E-state index in [1.165, 1.54) is 36.4 Å². The standard InChI is InChI=1S/C22H17F3N4O6S/c23-22(24,25)16-4-2-5-17(13-16)28-36(34,35)19-6-1-3-15(12-19)21(31)27-26-20(30)11-14-7-9-18(10-8-14)29(32)33/h1-10,12-13,28H,11H2,(H,26,30)(H,27,31). The molecule has 188 valence electrons. The van der Waals surface area contributed by atoms with Crippen LogP contribution in [0, 0.1) is 10.1 Å². The predicted octanol–water partition coefficient (Wildman–Crippen LogP) is 3.42. The fraction of sp³-hybridized carbons (Fsp3) is 0.0909. The second-order valence-corrected chi connectivity index (χ2v) is 9.00. The number of halogens is 3. The molecule has 0 aromatic heterocycles. The van der Waals surface area contributed by atoms with Crippen LogP contribution in [0.2, 0.25) is 0 Å². The Morgan fingerprint density at radius 3 is 2.22 bits per heavy atom. The van der Waals surface area contributed by atoms with E-state index in [4.69, 9.17) is 0 Å². The number of nitro groups is 1. The van der Waals surface area contributed by atoms with Crippen LogP contribution in [0.5, 0.6) is 0 Å². The fourth-order valence-electron chi connectivity index (χ4n) is 2.94. The van der Waals surface area contributed by atoms with Crippen molar-refractivity contribution in [3.8, 4) is 0 Å². The van der Waals surface area contributed by atoms with E-state index in [2.05, 4.69) is 10.9 Å². The average Bonchev–Trinajstić information content (AvgIpc) is 2.82. The van der Waals surface area contributed by atoms with E-state index in [9.17, 15) is 41.3 Å². The van der Waals surface area contributed by atoms with Crippen molar-refractivity contribution in [3.05, 3.63) is 99.6 Å². The van der Waals surface area contributed by atoms with Crippen LogP contribution in [-0.4, -0.2) is 25.2 Å². The van der Waals surface area contributed by atoms with Crippen molar-refractivity contribution in [2.45, 2.75) is 17.5 Å². The highest BCUT2D eigenvalue weighted by molar-refractivity contribution is 7.92. The molecule has 0 heterocycles. The second kappa shape index (κ2) is 10.4. The van der Waals surface area contributed by atoms with E-state index >= 15 is 0 Å². The number of carbonyl (C=O) groups is 2. The highest BCUT2D eigenvalue weighted by Crippen LogP contribution is 2.31. The van der Waals surface area contributed by atoms with E-state index in [1.807, 2.05) is 4.72 Å². The lowest BCUT2D eigenvalue weighted by Crippen LogP contribution is -2.42. The molecule has 3 N–H and O–H groups in total. The van der Waals surface area contributed by atoms with Gasteiger partial charge in [-0.25, -0.2) is 8.42 Å². The summed E-state index contributed by atoms with van der Waals surface area (Å²) in [6.07, 6.45) is -4.87. The Labute approximate surface area is 202 Å². The number of hydrogen-bond donors (Lipinski definition) is 3. The zero-order chi connectivity index (χ0) is 26.5. The Morgan fingerprint density at radius 1 is 0.917 bits per heavy atom. The number of anilines is 1. The van der Waals surface area contributed by atoms with Crippen LogP contribution in [-0.2, 0) is 27.4 Å². The molecule has 2 amide bonds. The normalized spacial score (nSPS) is 11.4. The Balaban J connectivity index is 1.64. The van der Waals surface area contributed by atoms with Gasteiger partial charge in [0.2, 0.25) is 5.91 Å². The van der Waals surface area contributed by atoms with Crippen molar-refractivity contribution in [1.82, 2.24) is 10.9 Å². The van der Waals surface area contributed by atoms with Crippen LogP contribution in [0.1, 0.15) is 21.5 Å². The Morgan fingerprint density at radius 2 is 1.58 bits per heavy atom. The van der Waals surface area contributed by atoms with Crippen LogP contribution < -0.4 is 15.6 Å². The maximum atomic E-state index is 12.9. The molecule has 3 aromatic carbocycles. The minimum Gasteiger partial charge on any atom is -0.280 e. The number of amides is 2. The van der Waals surface area contributed by atoms with Crippen LogP contribution in [0.25, 0.3) is 0 Å². The van der Waals surface area contributed by atoms with Gasteiger partial charge in [-0.3, -0.25) is 35.3 Å². The van der Waals surface area contributed by atoms with Crippen LogP contribution in [0.3, 0.4) is 0 Å². The van der Waals surface area contributed by atoms with Gasteiger partial charge in [0.25, 0.3) is 21.6 Å². The first-order valence-electron chi connectivity index (χ1n) is 9.98. The molecule has 0 fully saturated rings. The third-order valence-electron chi connectivity index (χ3n) is 4.68. The predicted molar refractivity (Wildman–Crippen MR) is 121 cm³/mol. The monoisotopic (exact) mass is 522 g/mol. The summed E-state index contributed by atoms with van der Waals surface area (Å²) < 4.78 is 66.0. The molecule has 0 radical (unpaired) electrons. The number of carbonyl (C=O) groups excluding carboxylic acids is 2. The first-order valence-corrected chi connectivity index (χ1v) is 11.5. The quantitative estimate of drug-likeness (QED) is 0.320. The van der Waals surface area contributed by atoms with Crippen molar-refractivity contribution >= 4 is 33.2 Å². The number of rotatable bonds is 7. The maximum Gasteiger partial charge on any atom is 0.416 e. The summed E-state index contributed by atoms with van der Waals surface area (Å²) in [7, 11) is -4.35. The third-order valence-corrected chi connectivity index (χ3v) is 6.05. The minimum absolute atomic E-state index is 0.148. The molecule has 3 aromatic rings. The lowest BCUT2D eigenvalue weighted by molar-refractivity contribution is -0.384. The van der Waals surface area contributed by atoms with Gasteiger partial charge in [-0.1, -0.05) is 24.3 Å². The molecule has 3 rings (SSSR count). The number of hydrogen-bond acceptors (Lipinski definition) is 6. The van der Waals surface area contributed by atoms with Gasteiger partial charge in [0, 0.05) is 23.4 Å². The van der Waals surface area contributed by atoms with Gasteiger partial charge in [-0.2, -0.15) is 13.2 Å². The number of benzene rings is 3. The number of alkyl halides is 3. The van der Waals surface area contributed by atoms with E-state index in [0.717, 1.165) is 30.3 Å². The second-order valence-electron chi connectivity index (χ2n) is 7.31. The summed E-state index contributed by atoms with van der Waals surface area (Å²) >= 11 is 0. The molecule has 0 aliphatic rings. The molecular weight excluding hydrogens is 505 g/mol. The van der Waals surface area contributed by atoms with Crippen molar-refractivity contribution in [3.63, 3.8) is 0 Å². The summed E-state index contributed by atoms with van der Waals surface area (Å²) in [5, 5.41) is 10.7. The molecule has 0 saturated carbocycles. The van der Waals surface area contributed by atoms with Crippen LogP contribution in [0.15, 0.2) is 77.7 Å². The molecule has 0 atom stereocenters. The molecule has 14 heteroatoms. The molecule has 0 aliphatic carbocycles. The molecule has 0 spiro atoms. The number of nitrogens with one attached hydrogen (secondary N) is 3. The van der Waals surface area contributed by atoms with Crippen molar-refractivity contribution in [2.24, 2.45) is 0 Å². The number of nitro benzene ring substituents is 1. The zero-order valence-corrected chi connectivity index (χ0v) is 18.9. The lowest BCUT2D eigenvalue weighted by Gasteiger charge is -2.12. The topological polar surface area (TPSA) is 148 Å². The van der Waals surface area contributed by atoms with Gasteiger partial charge in [-0.15, -0.1) is 0 Å². The van der Waals surface area contributed by atoms with Gasteiger partial charge in [-0.05, 0) is 42.0 Å². The van der Waals surface area contributed by atoms with Crippen molar-refractivity contribution in [1.29, 1.82) is 0 Å². The Hall–Kier alpha value is -4.46. The van der Waals surface area contributed by atoms with Gasteiger partial charge < -0.3 is 0 Å². The van der Waals surface area contributed by atoms with Gasteiger partial charge in [0.05, 0.1) is 21.8 Å². The summed E-state index contributed by atoms with van der Waals surface area (Å²) in [5.41, 5.74) is 3.03. The third kappa shape index (κ3) is 6.79. The van der Waals surface area contributed by atoms with E-state index in [1.54, 1.807) is 0 Å². The summed E-state index contributed by atoms with van der Waals surface area (Å²) in [5.74, 6) is -1.50. The molecule has 36 heavy (non-hydrogen) atoms. The van der Waals surface area contributed by atoms with E-state index < -0.39 is 43.4 Å². The molecule has 0 unspecified atom stereocenters. The zero-order valence-electron chi connectivity index (χ0n) is 18.1. The molecule has 0 aliphatic heterocycles. The smallest absolute Gasteiger partial charge is 0.280 e. The molecule has 10 nitrogen and oxygen atoms in total. The van der Waals surface area contributed by atoms with Crippen molar-refractivity contribution < 1.29 is 36.1 Å². The molecular formula is C22H17F3N4O6S. The maximum absolute atomic E-state index is 12.9. The Kier molecular flexibility index (Phi) is 7.58. The molecule has 0 saturated heterocycles. The van der Waals surface area contributed by atoms with E-state index in [0.29, 0.717) is 11.6 Å². The SMILES string of the molecule is O=C(Cc1ccc([N+](=O)[O-])cc1)NNC(=O)c1cccc(S(=O)(=O)Nc2cccc(C(F)(F)F)c2)c1. The van der Waals surface area contributed by atoms with Gasteiger partial charge in [0.1, 0.15) is 0 Å². The number of hydrazine groups is 1. The highest BCUT2D eigenvalue weighted by Gasteiger charge is 2.30. The Bertz CT molecular complexity index is 1410. The first-order chi connectivity index (χ1) is 16.8. The first kappa shape index (κ1) is 26.2. The number of nitrogens with zero attached hydrogens (tertiary/aromatic N) is 1. The summed E-state index contributed by atoms with van der Waals surface area (Å²) in [6.45, 7) is 0. The largest absolute Gasteiger partial charge is 0.416 e. The van der Waals surface area contributed by atoms with Gasteiger partial charge >= 0.3 is 6.18 Å². The van der Waals surface area contributed by atoms with Crippen LogP contribution in [0.4, 0.5) is 24.5 Å². The summed E-state index contributed by atoms with van der Waals surface area (Å²) in [4.78, 5) is 34.1. The minimum atomic E-state index is -4.66. The highest BCUT2D eigenvalue weighted by atomic mass is 32.2. The van der Waals surface area contributed by atoms with Crippen LogP contribution >= 0.6 is 0 Å². The average molecular weight is 522 g/mol. The summed E-state index contributed by atoms with van der Waals surface area (Å²) in [6, 6.07) is 13.4. The van der Waals surface area contributed by atoms with Crippen molar-refractivity contribution in [2.75, 3.05) is 4.72 Å². The number of sulfonamides is 1. The van der Waals surface area contributed by atoms with E-state index in [-0.39, 0.29) is 23.4 Å². The van der Waals surface area contributed by atoms with Gasteiger partial charge in [0.15, 0.2) is 0 Å². The number of non-ortho nitro benzene ring substituents is 1. The lowest BCUT2D eigenvalue weighted by atomic mass is 10.1. The molecule has 0 bridgehead atoms.